The van der Waals surface area contributed by atoms with Crippen molar-refractivity contribution in [1.82, 2.24) is 10.2 Å². The summed E-state index contributed by atoms with van der Waals surface area (Å²) in [6.45, 7) is 10.6. The van der Waals surface area contributed by atoms with Gasteiger partial charge in [0.15, 0.2) is 5.96 Å². The lowest BCUT2D eigenvalue weighted by atomic mass is 9.87. The second kappa shape index (κ2) is 9.26. The van der Waals surface area contributed by atoms with Gasteiger partial charge in [-0.2, -0.15) is 0 Å². The number of hydrogen-bond donors (Lipinski definition) is 1. The van der Waals surface area contributed by atoms with Gasteiger partial charge < -0.3 is 19.7 Å². The van der Waals surface area contributed by atoms with Crippen LogP contribution in [0.4, 0.5) is 0 Å². The molecule has 26 heavy (non-hydrogen) atoms. The van der Waals surface area contributed by atoms with Crippen LogP contribution in [-0.2, 0) is 11.3 Å². The second-order valence-corrected chi connectivity index (χ2v) is 7.49. The van der Waals surface area contributed by atoms with Gasteiger partial charge in [0.1, 0.15) is 5.75 Å². The van der Waals surface area contributed by atoms with Gasteiger partial charge in [0.05, 0.1) is 19.8 Å². The van der Waals surface area contributed by atoms with Crippen LogP contribution in [0, 0.1) is 5.41 Å². The molecule has 0 aromatic heterocycles. The number of nitrogens with one attached hydrogen (secondary N) is 1. The second-order valence-electron chi connectivity index (χ2n) is 7.49. The van der Waals surface area contributed by atoms with E-state index in [1.807, 2.05) is 6.07 Å². The fourth-order valence-corrected chi connectivity index (χ4v) is 3.75. The number of guanidine groups is 1. The van der Waals surface area contributed by atoms with Gasteiger partial charge in [0.2, 0.25) is 0 Å². The van der Waals surface area contributed by atoms with E-state index in [1.54, 1.807) is 0 Å². The van der Waals surface area contributed by atoms with E-state index >= 15 is 0 Å². The number of benzene rings is 1. The minimum atomic E-state index is 0.350. The minimum Gasteiger partial charge on any atom is -0.494 e. The van der Waals surface area contributed by atoms with Gasteiger partial charge in [-0.25, -0.2) is 4.99 Å². The largest absolute Gasteiger partial charge is 0.494 e. The summed E-state index contributed by atoms with van der Waals surface area (Å²) in [5.41, 5.74) is 1.54. The summed E-state index contributed by atoms with van der Waals surface area (Å²) in [6.07, 6.45) is 4.63. The van der Waals surface area contributed by atoms with Gasteiger partial charge in [-0.05, 0) is 43.9 Å². The molecule has 144 valence electrons. The van der Waals surface area contributed by atoms with Crippen molar-refractivity contribution in [1.29, 1.82) is 0 Å². The Bertz CT molecular complexity index is 597. The number of aliphatic imine (C=N–C) groups is 1. The van der Waals surface area contributed by atoms with Crippen molar-refractivity contribution < 1.29 is 9.47 Å². The normalized spacial score (nSPS) is 23.0. The Balaban J connectivity index is 1.61. The average Bonchev–Trinajstić information content (AvgIpc) is 3.29. The Labute approximate surface area is 157 Å². The number of unbranched alkanes of at least 4 members (excludes halogenated alkanes) is 1. The minimum absolute atomic E-state index is 0.350. The number of nitrogens with zero attached hydrogens (tertiary/aromatic N) is 2. The first-order valence-electron chi connectivity index (χ1n) is 10.1. The summed E-state index contributed by atoms with van der Waals surface area (Å²) >= 11 is 0. The highest BCUT2D eigenvalue weighted by atomic mass is 16.5. The molecule has 0 saturated carbocycles. The quantitative estimate of drug-likeness (QED) is 0.460. The fraction of sp³-hybridized carbons (Fsp3) is 0.667. The van der Waals surface area contributed by atoms with Crippen molar-refractivity contribution in [2.45, 2.75) is 46.1 Å². The number of likely N-dealkylation sites (tertiary alicyclic amines) is 1. The Morgan fingerprint density at radius 2 is 2.27 bits per heavy atom. The molecule has 1 aromatic rings. The standard InChI is InChI=1S/C21H33N3O2/c1-3-5-12-26-19-8-6-7-18(14-19)15-23-20(22-4-2)24-11-9-21(16-24)10-13-25-17-21/h6-8,14H,3-5,9-13,15-17H2,1-2H3,(H,22,23). The van der Waals surface area contributed by atoms with Gasteiger partial charge in [-0.1, -0.05) is 25.5 Å². The Morgan fingerprint density at radius 1 is 1.35 bits per heavy atom. The highest BCUT2D eigenvalue weighted by Gasteiger charge is 2.42. The molecule has 1 spiro atoms. The molecule has 1 aromatic carbocycles. The fourth-order valence-electron chi connectivity index (χ4n) is 3.75. The number of rotatable bonds is 7. The van der Waals surface area contributed by atoms with Crippen molar-refractivity contribution in [3.8, 4) is 5.75 Å². The summed E-state index contributed by atoms with van der Waals surface area (Å²) in [5, 5.41) is 3.46. The molecule has 0 aliphatic carbocycles. The average molecular weight is 360 g/mol. The van der Waals surface area contributed by atoms with Crippen molar-refractivity contribution in [3.63, 3.8) is 0 Å². The summed E-state index contributed by atoms with van der Waals surface area (Å²) in [4.78, 5) is 7.30. The highest BCUT2D eigenvalue weighted by Crippen LogP contribution is 2.38. The molecule has 0 bridgehead atoms. The third-order valence-corrected chi connectivity index (χ3v) is 5.33. The molecule has 2 heterocycles. The van der Waals surface area contributed by atoms with Crippen LogP contribution in [0.1, 0.15) is 45.1 Å². The predicted molar refractivity (Wildman–Crippen MR) is 106 cm³/mol. The third kappa shape index (κ3) is 4.91. The molecular formula is C21H33N3O2. The van der Waals surface area contributed by atoms with Crippen LogP contribution in [0.25, 0.3) is 0 Å². The lowest BCUT2D eigenvalue weighted by Crippen LogP contribution is -2.41. The molecule has 2 saturated heterocycles. The molecule has 1 atom stereocenters. The van der Waals surface area contributed by atoms with E-state index in [2.05, 4.69) is 42.3 Å². The molecule has 0 amide bonds. The van der Waals surface area contributed by atoms with Crippen LogP contribution >= 0.6 is 0 Å². The molecule has 2 aliphatic rings. The Hall–Kier alpha value is -1.75. The zero-order valence-corrected chi connectivity index (χ0v) is 16.3. The molecule has 2 aliphatic heterocycles. The maximum atomic E-state index is 5.82. The molecule has 2 fully saturated rings. The van der Waals surface area contributed by atoms with E-state index in [1.165, 1.54) is 18.4 Å². The van der Waals surface area contributed by atoms with E-state index in [4.69, 9.17) is 14.5 Å². The first kappa shape index (κ1) is 19.0. The van der Waals surface area contributed by atoms with Crippen LogP contribution in [-0.4, -0.2) is 50.3 Å². The molecule has 3 rings (SSSR count). The monoisotopic (exact) mass is 359 g/mol. The molecule has 5 heteroatoms. The first-order valence-corrected chi connectivity index (χ1v) is 10.1. The van der Waals surface area contributed by atoms with E-state index in [0.717, 1.165) is 64.0 Å². The zero-order valence-electron chi connectivity index (χ0n) is 16.3. The number of hydrogen-bond acceptors (Lipinski definition) is 3. The van der Waals surface area contributed by atoms with Crippen LogP contribution in [0.5, 0.6) is 5.75 Å². The summed E-state index contributed by atoms with van der Waals surface area (Å²) in [5.74, 6) is 1.97. The predicted octanol–water partition coefficient (Wildman–Crippen LogP) is 3.44. The highest BCUT2D eigenvalue weighted by molar-refractivity contribution is 5.80. The van der Waals surface area contributed by atoms with Gasteiger partial charge >= 0.3 is 0 Å². The Morgan fingerprint density at radius 3 is 3.04 bits per heavy atom. The van der Waals surface area contributed by atoms with Gasteiger partial charge in [-0.15, -0.1) is 0 Å². The lowest BCUT2D eigenvalue weighted by Gasteiger charge is -2.25. The topological polar surface area (TPSA) is 46.1 Å². The van der Waals surface area contributed by atoms with E-state index in [-0.39, 0.29) is 0 Å². The summed E-state index contributed by atoms with van der Waals surface area (Å²) in [7, 11) is 0. The van der Waals surface area contributed by atoms with Crippen LogP contribution < -0.4 is 10.1 Å². The molecule has 0 radical (unpaired) electrons. The maximum absolute atomic E-state index is 5.82. The van der Waals surface area contributed by atoms with Crippen LogP contribution in [0.3, 0.4) is 0 Å². The maximum Gasteiger partial charge on any atom is 0.194 e. The molecule has 1 N–H and O–H groups in total. The first-order chi connectivity index (χ1) is 12.7. The smallest absolute Gasteiger partial charge is 0.194 e. The van der Waals surface area contributed by atoms with Gasteiger partial charge in [0.25, 0.3) is 0 Å². The van der Waals surface area contributed by atoms with E-state index in [9.17, 15) is 0 Å². The van der Waals surface area contributed by atoms with Crippen LogP contribution in [0.15, 0.2) is 29.3 Å². The number of ether oxygens (including phenoxy) is 2. The van der Waals surface area contributed by atoms with Gasteiger partial charge in [-0.3, -0.25) is 0 Å². The summed E-state index contributed by atoms with van der Waals surface area (Å²) in [6, 6.07) is 8.31. The lowest BCUT2D eigenvalue weighted by molar-refractivity contribution is 0.156. The Kier molecular flexibility index (Phi) is 6.78. The van der Waals surface area contributed by atoms with Crippen molar-refractivity contribution >= 4 is 5.96 Å². The van der Waals surface area contributed by atoms with E-state index in [0.29, 0.717) is 12.0 Å². The van der Waals surface area contributed by atoms with Crippen LogP contribution in [0.2, 0.25) is 0 Å². The zero-order chi connectivity index (χ0) is 18.2. The van der Waals surface area contributed by atoms with Gasteiger partial charge in [0, 0.05) is 31.7 Å². The SMILES string of the molecule is CCCCOc1cccc(CN=C(NCC)N2CCC3(CCOC3)C2)c1. The molecular weight excluding hydrogens is 326 g/mol. The van der Waals surface area contributed by atoms with E-state index < -0.39 is 0 Å². The molecule has 5 nitrogen and oxygen atoms in total. The van der Waals surface area contributed by atoms with Crippen molar-refractivity contribution in [3.05, 3.63) is 29.8 Å². The molecule has 1 unspecified atom stereocenters. The van der Waals surface area contributed by atoms with Crippen molar-refractivity contribution in [2.24, 2.45) is 10.4 Å². The third-order valence-electron chi connectivity index (χ3n) is 5.33. The summed E-state index contributed by atoms with van der Waals surface area (Å²) < 4.78 is 11.5. The van der Waals surface area contributed by atoms with Crippen molar-refractivity contribution in [2.75, 3.05) is 39.5 Å².